The molecule has 1 aliphatic rings. The van der Waals surface area contributed by atoms with Gasteiger partial charge in [0.2, 0.25) is 0 Å². The summed E-state index contributed by atoms with van der Waals surface area (Å²) < 4.78 is 0. The first-order valence-electron chi connectivity index (χ1n) is 7.70. The van der Waals surface area contributed by atoms with Crippen molar-refractivity contribution in [3.63, 3.8) is 0 Å². The summed E-state index contributed by atoms with van der Waals surface area (Å²) in [5.74, 6) is 0.462. The molecule has 0 aliphatic carbocycles. The predicted octanol–water partition coefficient (Wildman–Crippen LogP) is 3.84. The van der Waals surface area contributed by atoms with E-state index in [9.17, 15) is 4.79 Å². The molecule has 116 valence electrons. The van der Waals surface area contributed by atoms with Gasteiger partial charge >= 0.3 is 0 Å². The molecule has 0 aromatic heterocycles. The zero-order chi connectivity index (χ0) is 16.6. The van der Waals surface area contributed by atoms with Crippen molar-refractivity contribution in [3.05, 3.63) is 75.5 Å². The predicted molar refractivity (Wildman–Crippen MR) is 94.5 cm³/mol. The van der Waals surface area contributed by atoms with Gasteiger partial charge in [-0.15, -0.1) is 0 Å². The van der Waals surface area contributed by atoms with Crippen molar-refractivity contribution in [2.24, 2.45) is 4.99 Å². The minimum Gasteiger partial charge on any atom is -0.305 e. The molecular formula is C20H20N2O. The number of aliphatic imine (C=N–C) groups is 1. The van der Waals surface area contributed by atoms with E-state index >= 15 is 0 Å². The summed E-state index contributed by atoms with van der Waals surface area (Å²) in [6.45, 7) is 8.23. The molecule has 0 saturated heterocycles. The van der Waals surface area contributed by atoms with Crippen LogP contribution in [-0.2, 0) is 4.79 Å². The van der Waals surface area contributed by atoms with Gasteiger partial charge in [0.05, 0.1) is 0 Å². The van der Waals surface area contributed by atoms with Crippen molar-refractivity contribution in [1.29, 1.82) is 0 Å². The average Bonchev–Trinajstić information content (AvgIpc) is 2.84. The molecule has 3 nitrogen and oxygen atoms in total. The number of amidine groups is 1. The van der Waals surface area contributed by atoms with E-state index in [0.29, 0.717) is 11.5 Å². The van der Waals surface area contributed by atoms with Crippen LogP contribution in [-0.4, -0.2) is 11.7 Å². The first-order valence-corrected chi connectivity index (χ1v) is 7.70. The smallest absolute Gasteiger partial charge is 0.275 e. The topological polar surface area (TPSA) is 41.5 Å². The lowest BCUT2D eigenvalue weighted by Crippen LogP contribution is -2.24. The number of aryl methyl sites for hydroxylation is 4. The van der Waals surface area contributed by atoms with Gasteiger partial charge in [0.1, 0.15) is 11.5 Å². The summed E-state index contributed by atoms with van der Waals surface area (Å²) in [6, 6.07) is 12.2. The third kappa shape index (κ3) is 3.09. The number of hydrogen-bond donors (Lipinski definition) is 1. The van der Waals surface area contributed by atoms with Crippen molar-refractivity contribution < 1.29 is 4.79 Å². The minimum atomic E-state index is -0.153. The van der Waals surface area contributed by atoms with Gasteiger partial charge in [-0.3, -0.25) is 4.79 Å². The van der Waals surface area contributed by atoms with Gasteiger partial charge in [0, 0.05) is 5.56 Å². The molecule has 0 fully saturated rings. The zero-order valence-corrected chi connectivity index (χ0v) is 13.9. The van der Waals surface area contributed by atoms with Crippen LogP contribution in [0.1, 0.15) is 33.4 Å². The zero-order valence-electron chi connectivity index (χ0n) is 13.9. The van der Waals surface area contributed by atoms with E-state index in [0.717, 1.165) is 22.3 Å². The number of nitrogens with one attached hydrogen (secondary N) is 1. The molecule has 0 spiro atoms. The summed E-state index contributed by atoms with van der Waals surface area (Å²) >= 11 is 0. The Bertz CT molecular complexity index is 819. The lowest BCUT2D eigenvalue weighted by atomic mass is 9.99. The van der Waals surface area contributed by atoms with E-state index in [1.54, 1.807) is 0 Å². The Morgan fingerprint density at radius 1 is 0.913 bits per heavy atom. The quantitative estimate of drug-likeness (QED) is 0.842. The first-order chi connectivity index (χ1) is 10.9. The van der Waals surface area contributed by atoms with Gasteiger partial charge in [-0.05, 0) is 50.5 Å². The second kappa shape index (κ2) is 5.84. The van der Waals surface area contributed by atoms with Crippen LogP contribution in [0.5, 0.6) is 0 Å². The third-order valence-corrected chi connectivity index (χ3v) is 4.04. The fourth-order valence-electron chi connectivity index (χ4n) is 2.87. The third-order valence-electron chi connectivity index (χ3n) is 4.04. The molecule has 3 rings (SSSR count). The van der Waals surface area contributed by atoms with Crippen LogP contribution >= 0.6 is 0 Å². The summed E-state index contributed by atoms with van der Waals surface area (Å²) in [6.07, 6.45) is 1.88. The highest BCUT2D eigenvalue weighted by Crippen LogP contribution is 2.22. The van der Waals surface area contributed by atoms with E-state index < -0.39 is 0 Å². The number of hydrogen-bond acceptors (Lipinski definition) is 2. The number of rotatable bonds is 2. The molecule has 0 atom stereocenters. The monoisotopic (exact) mass is 304 g/mol. The van der Waals surface area contributed by atoms with Gasteiger partial charge in [-0.2, -0.15) is 0 Å². The summed E-state index contributed by atoms with van der Waals surface area (Å²) in [5, 5.41) is 2.85. The Balaban J connectivity index is 2.00. The number of carbonyl (C=O) groups excluding carboxylic acids is 1. The van der Waals surface area contributed by atoms with Crippen LogP contribution in [0.4, 0.5) is 0 Å². The number of nitrogens with zero attached hydrogens (tertiary/aromatic N) is 1. The number of benzene rings is 2. The first kappa shape index (κ1) is 15.2. The Hall–Kier alpha value is -2.68. The lowest BCUT2D eigenvalue weighted by Gasteiger charge is -2.07. The Morgan fingerprint density at radius 2 is 1.52 bits per heavy atom. The van der Waals surface area contributed by atoms with Gasteiger partial charge in [0.15, 0.2) is 0 Å². The molecule has 1 aliphatic heterocycles. The van der Waals surface area contributed by atoms with Crippen LogP contribution in [0.15, 0.2) is 47.1 Å². The summed E-state index contributed by atoms with van der Waals surface area (Å²) in [7, 11) is 0. The van der Waals surface area contributed by atoms with Crippen LogP contribution in [0, 0.1) is 27.7 Å². The molecule has 1 heterocycles. The molecule has 0 bridgehead atoms. The summed E-state index contributed by atoms with van der Waals surface area (Å²) in [5.41, 5.74) is 7.15. The molecule has 3 heteroatoms. The van der Waals surface area contributed by atoms with E-state index in [1.807, 2.05) is 37.3 Å². The van der Waals surface area contributed by atoms with Crippen LogP contribution < -0.4 is 5.32 Å². The maximum atomic E-state index is 12.2. The number of carbonyl (C=O) groups is 1. The van der Waals surface area contributed by atoms with Gasteiger partial charge in [-0.25, -0.2) is 4.99 Å². The lowest BCUT2D eigenvalue weighted by molar-refractivity contribution is -0.115. The largest absolute Gasteiger partial charge is 0.305 e. The van der Waals surface area contributed by atoms with Crippen molar-refractivity contribution in [2.45, 2.75) is 27.7 Å². The molecule has 0 unspecified atom stereocenters. The molecule has 0 radical (unpaired) electrons. The van der Waals surface area contributed by atoms with Crippen LogP contribution in [0.2, 0.25) is 0 Å². The normalized spacial score (nSPS) is 15.7. The fraction of sp³-hybridized carbons (Fsp3) is 0.200. The van der Waals surface area contributed by atoms with Gasteiger partial charge in [-0.1, -0.05) is 47.5 Å². The fourth-order valence-corrected chi connectivity index (χ4v) is 2.87. The molecule has 23 heavy (non-hydrogen) atoms. The highest BCUT2D eigenvalue weighted by atomic mass is 16.2. The molecular weight excluding hydrogens is 284 g/mol. The van der Waals surface area contributed by atoms with Crippen LogP contribution in [0.3, 0.4) is 0 Å². The molecule has 2 aromatic carbocycles. The maximum absolute atomic E-state index is 12.2. The minimum absolute atomic E-state index is 0.153. The van der Waals surface area contributed by atoms with Crippen molar-refractivity contribution in [2.75, 3.05) is 0 Å². The van der Waals surface area contributed by atoms with Crippen molar-refractivity contribution >= 4 is 17.8 Å². The van der Waals surface area contributed by atoms with Crippen molar-refractivity contribution in [3.8, 4) is 0 Å². The van der Waals surface area contributed by atoms with E-state index in [-0.39, 0.29) is 5.91 Å². The van der Waals surface area contributed by atoms with Gasteiger partial charge < -0.3 is 5.32 Å². The second-order valence-corrected chi connectivity index (χ2v) is 6.12. The Morgan fingerprint density at radius 3 is 2.13 bits per heavy atom. The van der Waals surface area contributed by atoms with E-state index in [4.69, 9.17) is 0 Å². The molecule has 0 saturated carbocycles. The molecule has 1 N–H and O–H groups in total. The molecule has 1 amide bonds. The van der Waals surface area contributed by atoms with E-state index in [1.165, 1.54) is 11.1 Å². The Labute approximate surface area is 136 Å². The standard InChI is InChI=1S/C20H20N2O/c1-12-5-7-16(8-6-12)19-21-18(20(23)22-19)11-17-14(3)9-13(2)10-15(17)4/h5-11H,1-4H3,(H,21,22,23)/b18-11-. The Kier molecular flexibility index (Phi) is 3.87. The van der Waals surface area contributed by atoms with Gasteiger partial charge in [0.25, 0.3) is 5.91 Å². The molecule has 2 aromatic rings. The average molecular weight is 304 g/mol. The van der Waals surface area contributed by atoms with Crippen molar-refractivity contribution in [1.82, 2.24) is 5.32 Å². The number of amides is 1. The second-order valence-electron chi connectivity index (χ2n) is 6.12. The summed E-state index contributed by atoms with van der Waals surface area (Å²) in [4.78, 5) is 16.7. The maximum Gasteiger partial charge on any atom is 0.275 e. The highest BCUT2D eigenvalue weighted by Gasteiger charge is 2.21. The van der Waals surface area contributed by atoms with E-state index in [2.05, 4.69) is 43.2 Å². The highest BCUT2D eigenvalue weighted by molar-refractivity contribution is 6.19. The van der Waals surface area contributed by atoms with Crippen LogP contribution in [0.25, 0.3) is 6.08 Å². The SMILES string of the molecule is Cc1ccc(C2=N/C(=C\c3c(C)cc(C)cc3C)C(=O)N2)cc1.